The number of hydrogen-bond acceptors (Lipinski definition) is 5. The Morgan fingerprint density at radius 3 is 2.70 bits per heavy atom. The molecule has 0 bridgehead atoms. The number of fused-ring (bicyclic) bond motifs is 1. The normalized spacial score (nSPS) is 15.5. The van der Waals surface area contributed by atoms with E-state index in [9.17, 15) is 4.79 Å². The summed E-state index contributed by atoms with van der Waals surface area (Å²) in [7, 11) is 0. The summed E-state index contributed by atoms with van der Waals surface area (Å²) in [5, 5.41) is 7.18. The van der Waals surface area contributed by atoms with Gasteiger partial charge in [0.25, 0.3) is 0 Å². The van der Waals surface area contributed by atoms with Crippen LogP contribution in [0.15, 0.2) is 5.38 Å². The van der Waals surface area contributed by atoms with Crippen molar-refractivity contribution in [1.82, 2.24) is 15.3 Å². The largest absolute Gasteiger partial charge is 0.347 e. The zero-order chi connectivity index (χ0) is 16.4. The van der Waals surface area contributed by atoms with Crippen molar-refractivity contribution in [2.45, 2.75) is 64.8 Å². The van der Waals surface area contributed by atoms with E-state index >= 15 is 0 Å². The molecule has 124 valence electrons. The van der Waals surface area contributed by atoms with E-state index in [2.05, 4.69) is 24.1 Å². The maximum absolute atomic E-state index is 12.2. The van der Waals surface area contributed by atoms with Gasteiger partial charge in [-0.05, 0) is 32.6 Å². The van der Waals surface area contributed by atoms with Crippen LogP contribution in [0, 0.1) is 0 Å². The summed E-state index contributed by atoms with van der Waals surface area (Å²) in [6, 6.07) is -0.0266. The van der Waals surface area contributed by atoms with E-state index in [1.807, 2.05) is 12.3 Å². The third-order valence-corrected chi connectivity index (χ3v) is 6.55. The van der Waals surface area contributed by atoms with Crippen molar-refractivity contribution in [1.29, 1.82) is 0 Å². The minimum absolute atomic E-state index is 0.0197. The number of amides is 1. The second kappa shape index (κ2) is 7.09. The average molecular weight is 350 g/mol. The predicted octanol–water partition coefficient (Wildman–Crippen LogP) is 4.02. The van der Waals surface area contributed by atoms with Crippen LogP contribution < -0.4 is 5.32 Å². The summed E-state index contributed by atoms with van der Waals surface area (Å²) in [4.78, 5) is 22.9. The second-order valence-electron chi connectivity index (χ2n) is 6.43. The minimum Gasteiger partial charge on any atom is -0.347 e. The van der Waals surface area contributed by atoms with Gasteiger partial charge in [0.2, 0.25) is 5.91 Å². The minimum atomic E-state index is -0.0266. The Labute approximate surface area is 145 Å². The van der Waals surface area contributed by atoms with Crippen molar-refractivity contribution in [3.05, 3.63) is 31.7 Å². The molecule has 1 unspecified atom stereocenters. The van der Waals surface area contributed by atoms with Crippen LogP contribution in [0.25, 0.3) is 0 Å². The average Bonchev–Trinajstić information content (AvgIpc) is 3.13. The summed E-state index contributed by atoms with van der Waals surface area (Å²) in [5.41, 5.74) is 2.11. The van der Waals surface area contributed by atoms with Gasteiger partial charge in [0.05, 0.1) is 28.9 Å². The van der Waals surface area contributed by atoms with Crippen molar-refractivity contribution in [3.63, 3.8) is 0 Å². The molecule has 1 atom stereocenters. The van der Waals surface area contributed by atoms with Crippen LogP contribution in [0.5, 0.6) is 0 Å². The number of aryl methyl sites for hydroxylation is 2. The van der Waals surface area contributed by atoms with Crippen molar-refractivity contribution in [2.24, 2.45) is 0 Å². The van der Waals surface area contributed by atoms with E-state index < -0.39 is 0 Å². The van der Waals surface area contributed by atoms with Crippen molar-refractivity contribution in [3.8, 4) is 0 Å². The number of thiazole rings is 2. The molecular weight excluding hydrogens is 326 g/mol. The van der Waals surface area contributed by atoms with Crippen LogP contribution in [0.2, 0.25) is 0 Å². The summed E-state index contributed by atoms with van der Waals surface area (Å²) < 4.78 is 0. The van der Waals surface area contributed by atoms with Gasteiger partial charge in [0, 0.05) is 16.2 Å². The molecule has 0 radical (unpaired) electrons. The molecule has 2 heterocycles. The lowest BCUT2D eigenvalue weighted by Gasteiger charge is -2.10. The second-order valence-corrected chi connectivity index (χ2v) is 8.43. The quantitative estimate of drug-likeness (QED) is 0.887. The number of carbonyl (C=O) groups is 1. The topological polar surface area (TPSA) is 54.9 Å². The Morgan fingerprint density at radius 1 is 1.22 bits per heavy atom. The van der Waals surface area contributed by atoms with Gasteiger partial charge in [0.15, 0.2) is 0 Å². The van der Waals surface area contributed by atoms with E-state index in [1.54, 1.807) is 22.7 Å². The standard InChI is InChI=1S/C17H23N3OS2/c1-10(2)16-19-12(9-22-16)8-15(21)18-11(3)17-20-13-6-4-5-7-14(13)23-17/h9-11H,4-8H2,1-3H3,(H,18,21). The summed E-state index contributed by atoms with van der Waals surface area (Å²) in [5.74, 6) is 0.434. The van der Waals surface area contributed by atoms with Crippen LogP contribution in [0.4, 0.5) is 0 Å². The van der Waals surface area contributed by atoms with E-state index in [4.69, 9.17) is 4.98 Å². The van der Waals surface area contributed by atoms with E-state index in [0.29, 0.717) is 12.3 Å². The molecule has 2 aromatic heterocycles. The lowest BCUT2D eigenvalue weighted by Crippen LogP contribution is -2.28. The first kappa shape index (κ1) is 16.6. The van der Waals surface area contributed by atoms with Crippen LogP contribution in [-0.2, 0) is 24.1 Å². The lowest BCUT2D eigenvalue weighted by atomic mass is 10.0. The third kappa shape index (κ3) is 3.98. The molecule has 4 nitrogen and oxygen atoms in total. The first-order chi connectivity index (χ1) is 11.0. The number of nitrogens with zero attached hydrogens (tertiary/aromatic N) is 2. The van der Waals surface area contributed by atoms with Crippen LogP contribution in [-0.4, -0.2) is 15.9 Å². The molecule has 0 spiro atoms. The highest BCUT2D eigenvalue weighted by Gasteiger charge is 2.20. The molecule has 6 heteroatoms. The van der Waals surface area contributed by atoms with Crippen molar-refractivity contribution >= 4 is 28.6 Å². The zero-order valence-corrected chi connectivity index (χ0v) is 15.5. The van der Waals surface area contributed by atoms with Gasteiger partial charge in [0.1, 0.15) is 5.01 Å². The fraction of sp³-hybridized carbons (Fsp3) is 0.588. The molecule has 0 fully saturated rings. The van der Waals surface area contributed by atoms with E-state index in [1.165, 1.54) is 23.4 Å². The SMILES string of the molecule is CC(C)c1nc(CC(=O)NC(C)c2nc3c(s2)CCCC3)cs1. The number of carbonyl (C=O) groups excluding carboxylic acids is 1. The van der Waals surface area contributed by atoms with Gasteiger partial charge >= 0.3 is 0 Å². The fourth-order valence-electron chi connectivity index (χ4n) is 2.74. The number of rotatable bonds is 5. The Bertz CT molecular complexity index is 666. The summed E-state index contributed by atoms with van der Waals surface area (Å²) in [6.45, 7) is 6.26. The van der Waals surface area contributed by atoms with E-state index in [-0.39, 0.29) is 11.9 Å². The van der Waals surface area contributed by atoms with Gasteiger partial charge in [-0.1, -0.05) is 13.8 Å². The molecule has 0 aromatic carbocycles. The summed E-state index contributed by atoms with van der Waals surface area (Å²) in [6.07, 6.45) is 5.07. The van der Waals surface area contributed by atoms with Crippen LogP contribution >= 0.6 is 22.7 Å². The smallest absolute Gasteiger partial charge is 0.226 e. The van der Waals surface area contributed by atoms with Crippen molar-refractivity contribution in [2.75, 3.05) is 0 Å². The number of nitrogens with one attached hydrogen (secondary N) is 1. The van der Waals surface area contributed by atoms with Gasteiger partial charge in [-0.25, -0.2) is 9.97 Å². The van der Waals surface area contributed by atoms with E-state index in [0.717, 1.165) is 28.6 Å². The lowest BCUT2D eigenvalue weighted by molar-refractivity contribution is -0.121. The molecular formula is C17H23N3OS2. The van der Waals surface area contributed by atoms with Crippen LogP contribution in [0.3, 0.4) is 0 Å². The zero-order valence-electron chi connectivity index (χ0n) is 13.9. The van der Waals surface area contributed by atoms with Gasteiger partial charge < -0.3 is 5.32 Å². The molecule has 1 aliphatic rings. The molecule has 3 rings (SSSR count). The highest BCUT2D eigenvalue weighted by atomic mass is 32.1. The highest BCUT2D eigenvalue weighted by molar-refractivity contribution is 7.11. The molecule has 1 amide bonds. The van der Waals surface area contributed by atoms with Crippen LogP contribution in [0.1, 0.15) is 71.9 Å². The molecule has 1 N–H and O–H groups in total. The van der Waals surface area contributed by atoms with Crippen molar-refractivity contribution < 1.29 is 4.79 Å². The Kier molecular flexibility index (Phi) is 5.11. The maximum Gasteiger partial charge on any atom is 0.226 e. The molecule has 0 saturated carbocycles. The number of aromatic nitrogens is 2. The first-order valence-electron chi connectivity index (χ1n) is 8.25. The fourth-order valence-corrected chi connectivity index (χ4v) is 4.74. The molecule has 1 aliphatic carbocycles. The Balaban J connectivity index is 1.59. The summed E-state index contributed by atoms with van der Waals surface area (Å²) >= 11 is 3.39. The molecule has 0 aliphatic heterocycles. The predicted molar refractivity (Wildman–Crippen MR) is 95.2 cm³/mol. The molecule has 23 heavy (non-hydrogen) atoms. The maximum atomic E-state index is 12.2. The van der Waals surface area contributed by atoms with Gasteiger partial charge in [-0.2, -0.15) is 0 Å². The molecule has 0 saturated heterocycles. The molecule has 2 aromatic rings. The number of hydrogen-bond donors (Lipinski definition) is 1. The highest BCUT2D eigenvalue weighted by Crippen LogP contribution is 2.29. The first-order valence-corrected chi connectivity index (χ1v) is 9.94. The Hall–Kier alpha value is -1.27. The van der Waals surface area contributed by atoms with Gasteiger partial charge in [-0.15, -0.1) is 22.7 Å². The monoisotopic (exact) mass is 349 g/mol. The Morgan fingerprint density at radius 2 is 2.00 bits per heavy atom. The van der Waals surface area contributed by atoms with Gasteiger partial charge in [-0.3, -0.25) is 4.79 Å². The third-order valence-electron chi connectivity index (χ3n) is 4.02.